The van der Waals surface area contributed by atoms with Gasteiger partial charge in [-0.2, -0.15) is 9.97 Å². The predicted octanol–water partition coefficient (Wildman–Crippen LogP) is 5.21. The molecule has 5 heterocycles. The summed E-state index contributed by atoms with van der Waals surface area (Å²) < 4.78 is 37.2. The largest absolute Gasteiger partial charge is 0.508 e. The van der Waals surface area contributed by atoms with Crippen molar-refractivity contribution in [3.8, 4) is 23.0 Å². The highest BCUT2D eigenvalue weighted by molar-refractivity contribution is 6.32. The summed E-state index contributed by atoms with van der Waals surface area (Å²) >= 11 is 6.53. The maximum Gasteiger partial charge on any atom is 0.319 e. The third-order valence-corrected chi connectivity index (χ3v) is 9.86. The monoisotopic (exact) mass is 584 g/mol. The molecule has 2 N–H and O–H groups in total. The highest BCUT2D eigenvalue weighted by atomic mass is 35.5. The summed E-state index contributed by atoms with van der Waals surface area (Å²) in [7, 11) is 1.95. The number of hydrogen-bond acceptors (Lipinski definition) is 8. The fourth-order valence-corrected chi connectivity index (χ4v) is 7.68. The molecule has 0 spiro atoms. The molecule has 4 fully saturated rings. The number of pyridine rings is 1. The quantitative estimate of drug-likeness (QED) is 0.391. The van der Waals surface area contributed by atoms with Gasteiger partial charge >= 0.3 is 6.01 Å². The summed E-state index contributed by atoms with van der Waals surface area (Å²) in [5.41, 5.74) is 1.07. The molecule has 7 rings (SSSR count). The van der Waals surface area contributed by atoms with E-state index in [0.717, 1.165) is 50.8 Å². The van der Waals surface area contributed by atoms with Gasteiger partial charge in [0.15, 0.2) is 5.82 Å². The Balaban J connectivity index is 1.33. The van der Waals surface area contributed by atoms with Gasteiger partial charge in [0.05, 0.1) is 10.9 Å². The van der Waals surface area contributed by atoms with E-state index in [0.29, 0.717) is 34.8 Å². The number of aromatic nitrogens is 3. The van der Waals surface area contributed by atoms with Gasteiger partial charge in [0, 0.05) is 48.9 Å². The van der Waals surface area contributed by atoms with Crippen molar-refractivity contribution < 1.29 is 18.6 Å². The molecule has 218 valence electrons. The molecule has 0 unspecified atom stereocenters. The number of alkyl halides is 1. The Morgan fingerprint density at radius 2 is 2.10 bits per heavy atom. The maximum atomic E-state index is 16.5. The van der Waals surface area contributed by atoms with Gasteiger partial charge in [-0.3, -0.25) is 9.88 Å². The van der Waals surface area contributed by atoms with Crippen molar-refractivity contribution in [2.45, 2.75) is 75.2 Å². The van der Waals surface area contributed by atoms with E-state index in [1.54, 1.807) is 6.20 Å². The van der Waals surface area contributed by atoms with Crippen LogP contribution >= 0.6 is 11.6 Å². The summed E-state index contributed by atoms with van der Waals surface area (Å²) in [6, 6.07) is 3.44. The number of phenolic OH excluding ortho intramolecular Hbond substituents is 1. The van der Waals surface area contributed by atoms with Crippen LogP contribution in [0.5, 0.6) is 11.8 Å². The van der Waals surface area contributed by atoms with Crippen LogP contribution in [0.2, 0.25) is 5.02 Å². The molecular formula is C30H35ClF2N6O2. The van der Waals surface area contributed by atoms with Gasteiger partial charge in [-0.1, -0.05) is 11.6 Å². The molecule has 1 aliphatic carbocycles. The van der Waals surface area contributed by atoms with Crippen LogP contribution in [0, 0.1) is 5.82 Å². The van der Waals surface area contributed by atoms with Gasteiger partial charge in [0.2, 0.25) is 0 Å². The fourth-order valence-electron chi connectivity index (χ4n) is 7.31. The standard InChI is InChI=1S/C30H35ClF2N6O2/c1-16-23(6-8-34-16)38(2)28-21-13-35-26(20-10-19(40)11-22(31)24(20)17-4-5-17)25(33)27(21)36-29(37-28)41-15-30-7-3-9-39(30)14-18(32)12-30/h10-11,13,16-18,23,34,40H,3-9,12,14-15H2,1-2H3/t16-,18+,23-,30-/m0/s1. The number of rotatable bonds is 7. The molecule has 0 amide bonds. The third-order valence-electron chi connectivity index (χ3n) is 9.54. The number of ether oxygens (including phenoxy) is 1. The second-order valence-electron chi connectivity index (χ2n) is 12.2. The Morgan fingerprint density at radius 3 is 2.85 bits per heavy atom. The number of hydrogen-bond donors (Lipinski definition) is 2. The van der Waals surface area contributed by atoms with Gasteiger partial charge in [0.1, 0.15) is 35.6 Å². The fraction of sp³-hybridized carbons (Fsp3) is 0.567. The first-order valence-corrected chi connectivity index (χ1v) is 15.0. The highest BCUT2D eigenvalue weighted by Gasteiger charge is 2.49. The Morgan fingerprint density at radius 1 is 1.27 bits per heavy atom. The molecule has 0 bridgehead atoms. The van der Waals surface area contributed by atoms with Crippen molar-refractivity contribution in [3.05, 3.63) is 34.7 Å². The van der Waals surface area contributed by atoms with E-state index in [1.807, 2.05) is 7.05 Å². The van der Waals surface area contributed by atoms with Crippen LogP contribution in [-0.2, 0) is 0 Å². The van der Waals surface area contributed by atoms with E-state index in [2.05, 4.69) is 32.0 Å². The molecule has 41 heavy (non-hydrogen) atoms. The zero-order valence-electron chi connectivity index (χ0n) is 23.3. The summed E-state index contributed by atoms with van der Waals surface area (Å²) in [5, 5.41) is 14.7. The molecule has 1 aromatic carbocycles. The van der Waals surface area contributed by atoms with Gasteiger partial charge in [-0.15, -0.1) is 0 Å². The lowest BCUT2D eigenvalue weighted by atomic mass is 9.95. The first-order valence-electron chi connectivity index (χ1n) is 14.6. The molecule has 4 atom stereocenters. The minimum Gasteiger partial charge on any atom is -0.508 e. The van der Waals surface area contributed by atoms with Crippen molar-refractivity contribution in [2.75, 3.05) is 38.2 Å². The van der Waals surface area contributed by atoms with Crippen LogP contribution < -0.4 is 15.0 Å². The summed E-state index contributed by atoms with van der Waals surface area (Å²) in [6.45, 7) is 4.52. The lowest BCUT2D eigenvalue weighted by Gasteiger charge is -2.32. The van der Waals surface area contributed by atoms with E-state index < -0.39 is 12.0 Å². The number of benzene rings is 1. The normalized spacial score (nSPS) is 28.0. The zero-order chi connectivity index (χ0) is 28.5. The second kappa shape index (κ2) is 10.2. The topological polar surface area (TPSA) is 86.6 Å². The number of nitrogens with zero attached hydrogens (tertiary/aromatic N) is 5. The summed E-state index contributed by atoms with van der Waals surface area (Å²) in [5.74, 6) is 0.0803. The minimum atomic E-state index is -0.879. The second-order valence-corrected chi connectivity index (χ2v) is 12.7. The highest BCUT2D eigenvalue weighted by Crippen LogP contribution is 2.49. The van der Waals surface area contributed by atoms with Crippen molar-refractivity contribution in [3.63, 3.8) is 0 Å². The Labute approximate surface area is 243 Å². The maximum absolute atomic E-state index is 16.5. The molecular weight excluding hydrogens is 550 g/mol. The molecule has 0 radical (unpaired) electrons. The lowest BCUT2D eigenvalue weighted by Crippen LogP contribution is -2.43. The van der Waals surface area contributed by atoms with E-state index in [1.165, 1.54) is 12.1 Å². The van der Waals surface area contributed by atoms with Gasteiger partial charge in [-0.25, -0.2) is 8.78 Å². The van der Waals surface area contributed by atoms with Crippen molar-refractivity contribution in [1.82, 2.24) is 25.2 Å². The van der Waals surface area contributed by atoms with Gasteiger partial charge in [-0.05, 0) is 75.7 Å². The first-order chi connectivity index (χ1) is 19.7. The molecule has 3 aromatic rings. The molecule has 4 aliphatic rings. The molecule has 11 heteroatoms. The van der Waals surface area contributed by atoms with E-state index in [9.17, 15) is 9.50 Å². The summed E-state index contributed by atoms with van der Waals surface area (Å²) in [6.07, 6.45) is 5.81. The average molecular weight is 585 g/mol. The van der Waals surface area contributed by atoms with E-state index >= 15 is 4.39 Å². The molecule has 2 aromatic heterocycles. The lowest BCUT2D eigenvalue weighted by molar-refractivity contribution is 0.107. The number of likely N-dealkylation sites (N-methyl/N-ethyl adjacent to an activating group) is 1. The third kappa shape index (κ3) is 4.68. The Hall–Kier alpha value is -2.82. The van der Waals surface area contributed by atoms with Crippen LogP contribution in [0.1, 0.15) is 56.9 Å². The number of aromatic hydroxyl groups is 1. The molecule has 3 aliphatic heterocycles. The molecule has 1 saturated carbocycles. The van der Waals surface area contributed by atoms with Crippen molar-refractivity contribution >= 4 is 28.3 Å². The molecule has 8 nitrogen and oxygen atoms in total. The van der Waals surface area contributed by atoms with Crippen molar-refractivity contribution in [2.24, 2.45) is 0 Å². The predicted molar refractivity (Wildman–Crippen MR) is 154 cm³/mol. The number of halogens is 3. The van der Waals surface area contributed by atoms with Crippen LogP contribution in [-0.4, -0.2) is 82.0 Å². The smallest absolute Gasteiger partial charge is 0.319 e. The zero-order valence-corrected chi connectivity index (χ0v) is 24.1. The van der Waals surface area contributed by atoms with Crippen LogP contribution in [0.15, 0.2) is 18.3 Å². The van der Waals surface area contributed by atoms with E-state index in [4.69, 9.17) is 21.3 Å². The van der Waals surface area contributed by atoms with Gasteiger partial charge < -0.3 is 20.1 Å². The van der Waals surface area contributed by atoms with Crippen LogP contribution in [0.3, 0.4) is 0 Å². The molecule has 3 saturated heterocycles. The first kappa shape index (κ1) is 27.0. The average Bonchev–Trinajstić information content (AvgIpc) is 3.43. The Bertz CT molecular complexity index is 1510. The van der Waals surface area contributed by atoms with E-state index in [-0.39, 0.29) is 53.1 Å². The van der Waals surface area contributed by atoms with Crippen LogP contribution in [0.4, 0.5) is 14.6 Å². The minimum absolute atomic E-state index is 0.0475. The van der Waals surface area contributed by atoms with Gasteiger partial charge in [0.25, 0.3) is 0 Å². The number of phenols is 1. The number of nitrogens with one attached hydrogen (secondary N) is 1. The number of fused-ring (bicyclic) bond motifs is 2. The SMILES string of the molecule is C[C@@H]1NCC[C@@H]1N(C)c1nc(OC[C@@]23CCCN2C[C@H](F)C3)nc2c(F)c(-c3cc(O)cc(Cl)c3C3CC3)ncc12. The number of anilines is 1. The summed E-state index contributed by atoms with van der Waals surface area (Å²) in [4.78, 5) is 18.1. The Kier molecular flexibility index (Phi) is 6.71. The van der Waals surface area contributed by atoms with Crippen molar-refractivity contribution in [1.29, 1.82) is 0 Å². The van der Waals surface area contributed by atoms with Crippen LogP contribution in [0.25, 0.3) is 22.2 Å².